The number of ether oxygens (including phenoxy) is 1. The van der Waals surface area contributed by atoms with Gasteiger partial charge in [0.15, 0.2) is 0 Å². The monoisotopic (exact) mass is 289 g/mol. The van der Waals surface area contributed by atoms with Crippen LogP contribution in [0.15, 0.2) is 30.3 Å². The van der Waals surface area contributed by atoms with E-state index in [1.807, 2.05) is 18.2 Å². The molecule has 1 aliphatic rings. The third-order valence-electron chi connectivity index (χ3n) is 4.06. The van der Waals surface area contributed by atoms with Gasteiger partial charge in [-0.1, -0.05) is 43.7 Å². The molecule has 1 aromatic carbocycles. The molecule has 114 valence electrons. The number of likely N-dealkylation sites (tertiary alicyclic amines) is 1. The molecule has 21 heavy (non-hydrogen) atoms. The minimum atomic E-state index is -0.446. The number of esters is 1. The summed E-state index contributed by atoms with van der Waals surface area (Å²) in [4.78, 5) is 24.9. The van der Waals surface area contributed by atoms with Crippen LogP contribution in [0.2, 0.25) is 0 Å². The third kappa shape index (κ3) is 4.06. The normalized spacial score (nSPS) is 21.9. The van der Waals surface area contributed by atoms with Gasteiger partial charge in [-0.05, 0) is 30.7 Å². The Morgan fingerprint density at radius 3 is 2.81 bits per heavy atom. The lowest BCUT2D eigenvalue weighted by Crippen LogP contribution is -2.46. The summed E-state index contributed by atoms with van der Waals surface area (Å²) < 4.78 is 5.30. The number of hydrogen-bond donors (Lipinski definition) is 0. The van der Waals surface area contributed by atoms with Crippen molar-refractivity contribution in [2.24, 2.45) is 0 Å². The van der Waals surface area contributed by atoms with E-state index in [1.54, 1.807) is 4.90 Å². The molecule has 0 N–H and O–H groups in total. The molecule has 0 aliphatic carbocycles. The smallest absolute Gasteiger partial charge is 0.328 e. The van der Waals surface area contributed by atoms with E-state index in [9.17, 15) is 9.59 Å². The number of amides is 1. The van der Waals surface area contributed by atoms with Gasteiger partial charge in [0, 0.05) is 6.54 Å². The summed E-state index contributed by atoms with van der Waals surface area (Å²) in [5, 5.41) is 0. The molecule has 1 aromatic rings. The number of carbonyl (C=O) groups is 2. The topological polar surface area (TPSA) is 46.6 Å². The number of benzene rings is 1. The molecule has 0 aromatic heterocycles. The van der Waals surface area contributed by atoms with Crippen molar-refractivity contribution in [1.29, 1.82) is 0 Å². The molecule has 4 nitrogen and oxygen atoms in total. The lowest BCUT2D eigenvalue weighted by Gasteiger charge is -2.35. The summed E-state index contributed by atoms with van der Waals surface area (Å²) >= 11 is 0. The molecule has 0 radical (unpaired) electrons. The molecule has 1 saturated heterocycles. The van der Waals surface area contributed by atoms with Gasteiger partial charge in [-0.2, -0.15) is 0 Å². The molecule has 2 atom stereocenters. The Balaban J connectivity index is 2.02. The second-order valence-corrected chi connectivity index (χ2v) is 5.51. The van der Waals surface area contributed by atoms with Crippen LogP contribution >= 0.6 is 0 Å². The van der Waals surface area contributed by atoms with Gasteiger partial charge in [0.2, 0.25) is 6.41 Å². The van der Waals surface area contributed by atoms with Gasteiger partial charge < -0.3 is 9.64 Å². The van der Waals surface area contributed by atoms with E-state index in [2.05, 4.69) is 19.1 Å². The van der Waals surface area contributed by atoms with Crippen LogP contribution in [0.25, 0.3) is 0 Å². The van der Waals surface area contributed by atoms with Crippen LogP contribution < -0.4 is 0 Å². The Morgan fingerprint density at radius 1 is 1.38 bits per heavy atom. The number of nitrogens with zero attached hydrogens (tertiary/aromatic N) is 1. The third-order valence-corrected chi connectivity index (χ3v) is 4.06. The SMILES string of the molecule is CCCCOC(=O)C1CC(c2ccccc2)CCN1C=O. The van der Waals surface area contributed by atoms with Gasteiger partial charge >= 0.3 is 5.97 Å². The first kappa shape index (κ1) is 15.5. The highest BCUT2D eigenvalue weighted by Crippen LogP contribution is 2.31. The quantitative estimate of drug-likeness (QED) is 0.459. The van der Waals surface area contributed by atoms with Crippen molar-refractivity contribution < 1.29 is 14.3 Å². The van der Waals surface area contributed by atoms with Crippen molar-refractivity contribution in [2.75, 3.05) is 13.2 Å². The van der Waals surface area contributed by atoms with E-state index in [0.29, 0.717) is 25.5 Å². The Morgan fingerprint density at radius 2 is 2.14 bits per heavy atom. The summed E-state index contributed by atoms with van der Waals surface area (Å²) in [7, 11) is 0. The maximum atomic E-state index is 12.2. The second kappa shape index (κ2) is 7.81. The largest absolute Gasteiger partial charge is 0.464 e. The zero-order valence-electron chi connectivity index (χ0n) is 12.5. The first-order valence-corrected chi connectivity index (χ1v) is 7.69. The first-order chi connectivity index (χ1) is 10.3. The van der Waals surface area contributed by atoms with Crippen molar-refractivity contribution >= 4 is 12.4 Å². The van der Waals surface area contributed by atoms with Crippen LogP contribution in [0, 0.1) is 0 Å². The Hall–Kier alpha value is -1.84. The molecule has 1 heterocycles. The maximum Gasteiger partial charge on any atom is 0.328 e. The molecular formula is C17H23NO3. The van der Waals surface area contributed by atoms with Crippen LogP contribution in [0.3, 0.4) is 0 Å². The molecule has 0 saturated carbocycles. The molecule has 1 aliphatic heterocycles. The van der Waals surface area contributed by atoms with Gasteiger partial charge in [0.1, 0.15) is 6.04 Å². The summed E-state index contributed by atoms with van der Waals surface area (Å²) in [5.74, 6) is 0.0438. The maximum absolute atomic E-state index is 12.2. The van der Waals surface area contributed by atoms with Crippen LogP contribution in [0.1, 0.15) is 44.1 Å². The van der Waals surface area contributed by atoms with E-state index in [1.165, 1.54) is 5.56 Å². The standard InChI is InChI=1S/C17H23NO3/c1-2-3-11-21-17(20)16-12-15(9-10-18(16)13-19)14-7-5-4-6-8-14/h4-8,13,15-16H,2-3,9-12H2,1H3. The van der Waals surface area contributed by atoms with Gasteiger partial charge in [-0.25, -0.2) is 4.79 Å². The van der Waals surface area contributed by atoms with Crippen molar-refractivity contribution in [2.45, 2.75) is 44.6 Å². The highest BCUT2D eigenvalue weighted by molar-refractivity contribution is 5.78. The minimum absolute atomic E-state index is 0.267. The van der Waals surface area contributed by atoms with Crippen LogP contribution in [0.4, 0.5) is 0 Å². The summed E-state index contributed by atoms with van der Waals surface area (Å²) in [6.07, 6.45) is 4.16. The fraction of sp³-hybridized carbons (Fsp3) is 0.529. The van der Waals surface area contributed by atoms with Gasteiger partial charge in [-0.15, -0.1) is 0 Å². The Labute approximate surface area is 126 Å². The van der Waals surface area contributed by atoms with E-state index >= 15 is 0 Å². The molecule has 2 rings (SSSR count). The van der Waals surface area contributed by atoms with Crippen molar-refractivity contribution in [1.82, 2.24) is 4.90 Å². The zero-order valence-corrected chi connectivity index (χ0v) is 12.5. The van der Waals surface area contributed by atoms with Crippen molar-refractivity contribution in [3.8, 4) is 0 Å². The van der Waals surface area contributed by atoms with Crippen molar-refractivity contribution in [3.63, 3.8) is 0 Å². The summed E-state index contributed by atoms with van der Waals surface area (Å²) in [5.41, 5.74) is 1.23. The number of carbonyl (C=O) groups excluding carboxylic acids is 2. The second-order valence-electron chi connectivity index (χ2n) is 5.51. The van der Waals surface area contributed by atoms with Gasteiger partial charge in [0.25, 0.3) is 0 Å². The fourth-order valence-electron chi connectivity index (χ4n) is 2.78. The molecule has 0 bridgehead atoms. The number of unbranched alkanes of at least 4 members (excludes halogenated alkanes) is 1. The van der Waals surface area contributed by atoms with E-state index < -0.39 is 6.04 Å². The summed E-state index contributed by atoms with van der Waals surface area (Å²) in [6, 6.07) is 9.73. The zero-order chi connectivity index (χ0) is 15.1. The lowest BCUT2D eigenvalue weighted by molar-refractivity contribution is -0.154. The predicted octanol–water partition coefficient (Wildman–Crippen LogP) is 2.73. The highest BCUT2D eigenvalue weighted by atomic mass is 16.5. The molecular weight excluding hydrogens is 266 g/mol. The van der Waals surface area contributed by atoms with Crippen molar-refractivity contribution in [3.05, 3.63) is 35.9 Å². The minimum Gasteiger partial charge on any atom is -0.464 e. The lowest BCUT2D eigenvalue weighted by atomic mass is 9.85. The number of hydrogen-bond acceptors (Lipinski definition) is 3. The molecule has 2 unspecified atom stereocenters. The van der Waals surface area contributed by atoms with E-state index in [4.69, 9.17) is 4.74 Å². The highest BCUT2D eigenvalue weighted by Gasteiger charge is 2.34. The number of piperidine rings is 1. The van der Waals surface area contributed by atoms with Crippen LogP contribution in [-0.2, 0) is 14.3 Å². The van der Waals surface area contributed by atoms with Gasteiger partial charge in [-0.3, -0.25) is 4.79 Å². The van der Waals surface area contributed by atoms with Crippen LogP contribution in [0.5, 0.6) is 0 Å². The first-order valence-electron chi connectivity index (χ1n) is 7.69. The predicted molar refractivity (Wildman–Crippen MR) is 80.8 cm³/mol. The Kier molecular flexibility index (Phi) is 5.78. The van der Waals surface area contributed by atoms with E-state index in [-0.39, 0.29) is 5.97 Å². The average Bonchev–Trinajstić information content (AvgIpc) is 2.55. The number of rotatable bonds is 6. The van der Waals surface area contributed by atoms with Gasteiger partial charge in [0.05, 0.1) is 6.61 Å². The fourth-order valence-corrected chi connectivity index (χ4v) is 2.78. The molecule has 1 fully saturated rings. The van der Waals surface area contributed by atoms with E-state index in [0.717, 1.165) is 25.7 Å². The summed E-state index contributed by atoms with van der Waals surface area (Å²) in [6.45, 7) is 3.10. The molecule has 0 spiro atoms. The molecule has 1 amide bonds. The molecule has 4 heteroatoms. The average molecular weight is 289 g/mol. The van der Waals surface area contributed by atoms with Crippen LogP contribution in [-0.4, -0.2) is 36.5 Å². The Bertz CT molecular complexity index is 460.